The van der Waals surface area contributed by atoms with Crippen molar-refractivity contribution >= 4 is 24.8 Å². The van der Waals surface area contributed by atoms with E-state index in [-0.39, 0.29) is 36.7 Å². The zero-order valence-electron chi connectivity index (χ0n) is 10.4. The van der Waals surface area contributed by atoms with E-state index >= 15 is 0 Å². The highest BCUT2D eigenvalue weighted by Crippen LogP contribution is 2.04. The van der Waals surface area contributed by atoms with Crippen molar-refractivity contribution in [1.29, 1.82) is 0 Å². The highest BCUT2D eigenvalue weighted by Gasteiger charge is 1.99. The Morgan fingerprint density at radius 3 is 2.39 bits per heavy atom. The van der Waals surface area contributed by atoms with E-state index in [9.17, 15) is 4.39 Å². The highest BCUT2D eigenvalue weighted by atomic mass is 35.5. The molecule has 0 aliphatic rings. The van der Waals surface area contributed by atoms with Gasteiger partial charge in [-0.15, -0.1) is 24.8 Å². The molecule has 0 aromatic heterocycles. The normalized spacial score (nSPS) is 11.3. The van der Waals surface area contributed by atoms with E-state index < -0.39 is 0 Å². The van der Waals surface area contributed by atoms with Gasteiger partial charge < -0.3 is 15.7 Å². The Kier molecular flexibility index (Phi) is 12.9. The fourth-order valence-electron chi connectivity index (χ4n) is 1.35. The van der Waals surface area contributed by atoms with Gasteiger partial charge in [-0.25, -0.2) is 4.39 Å². The van der Waals surface area contributed by atoms with Gasteiger partial charge in [-0.2, -0.15) is 0 Å². The van der Waals surface area contributed by atoms with Crippen LogP contribution in [0.3, 0.4) is 0 Å². The molecule has 0 amide bonds. The van der Waals surface area contributed by atoms with E-state index in [0.29, 0.717) is 18.7 Å². The number of aliphatic hydroxyl groups is 1. The summed E-state index contributed by atoms with van der Waals surface area (Å²) in [7, 11) is 0. The Bertz CT molecular complexity index is 314. The maximum absolute atomic E-state index is 13.2. The summed E-state index contributed by atoms with van der Waals surface area (Å²) in [6, 6.07) is 6.74. The van der Waals surface area contributed by atoms with Gasteiger partial charge in [-0.3, -0.25) is 0 Å². The number of hydrogen-bond donors (Lipinski definition) is 3. The van der Waals surface area contributed by atoms with Crippen LogP contribution in [0.1, 0.15) is 12.5 Å². The molecule has 106 valence electrons. The fourth-order valence-corrected chi connectivity index (χ4v) is 1.35. The lowest BCUT2D eigenvalue weighted by Crippen LogP contribution is -2.31. The van der Waals surface area contributed by atoms with Crippen LogP contribution < -0.4 is 10.6 Å². The maximum atomic E-state index is 13.2. The number of hydrogen-bond acceptors (Lipinski definition) is 3. The zero-order valence-corrected chi connectivity index (χ0v) is 12.0. The first-order valence-electron chi connectivity index (χ1n) is 5.53. The minimum atomic E-state index is -0.327. The molecule has 18 heavy (non-hydrogen) atoms. The van der Waals surface area contributed by atoms with Gasteiger partial charge in [0.05, 0.1) is 6.10 Å². The minimum absolute atomic E-state index is 0. The van der Waals surface area contributed by atoms with Crippen molar-refractivity contribution in [2.45, 2.75) is 19.6 Å². The second kappa shape index (κ2) is 11.7. The molecule has 3 N–H and O–H groups in total. The van der Waals surface area contributed by atoms with Crippen molar-refractivity contribution in [2.75, 3.05) is 19.6 Å². The summed E-state index contributed by atoms with van der Waals surface area (Å²) in [6.45, 7) is 4.37. The summed E-state index contributed by atoms with van der Waals surface area (Å²) in [6.07, 6.45) is -0.327. The van der Waals surface area contributed by atoms with Gasteiger partial charge in [0.1, 0.15) is 5.82 Å². The molecule has 0 aliphatic heterocycles. The highest BCUT2D eigenvalue weighted by molar-refractivity contribution is 5.85. The summed E-state index contributed by atoms with van der Waals surface area (Å²) >= 11 is 0. The molecule has 0 heterocycles. The van der Waals surface area contributed by atoms with E-state index in [2.05, 4.69) is 10.6 Å². The summed E-state index contributed by atoms with van der Waals surface area (Å²) in [5.41, 5.74) is 0.679. The molecule has 1 aromatic rings. The SMILES string of the molecule is CC(O)CNCCNCc1ccccc1F.Cl.Cl. The molecule has 0 bridgehead atoms. The maximum Gasteiger partial charge on any atom is 0.127 e. The largest absolute Gasteiger partial charge is 0.392 e. The molecule has 1 unspecified atom stereocenters. The van der Waals surface area contributed by atoms with E-state index in [1.807, 2.05) is 6.07 Å². The van der Waals surface area contributed by atoms with E-state index in [1.165, 1.54) is 6.07 Å². The Morgan fingerprint density at radius 1 is 1.17 bits per heavy atom. The third-order valence-electron chi connectivity index (χ3n) is 2.19. The first-order chi connectivity index (χ1) is 7.70. The molecule has 0 spiro atoms. The zero-order chi connectivity index (χ0) is 11.8. The van der Waals surface area contributed by atoms with Crippen LogP contribution in [-0.2, 0) is 6.54 Å². The third-order valence-corrected chi connectivity index (χ3v) is 2.19. The van der Waals surface area contributed by atoms with E-state index in [0.717, 1.165) is 13.1 Å². The molecule has 0 saturated heterocycles. The molecule has 0 aliphatic carbocycles. The predicted octanol–water partition coefficient (Wildman–Crippen LogP) is 1.73. The fraction of sp³-hybridized carbons (Fsp3) is 0.500. The van der Waals surface area contributed by atoms with Crippen molar-refractivity contribution in [3.8, 4) is 0 Å². The van der Waals surface area contributed by atoms with Gasteiger partial charge in [0.2, 0.25) is 0 Å². The van der Waals surface area contributed by atoms with Crippen LogP contribution >= 0.6 is 24.8 Å². The topological polar surface area (TPSA) is 44.3 Å². The van der Waals surface area contributed by atoms with Gasteiger partial charge in [0, 0.05) is 31.7 Å². The standard InChI is InChI=1S/C12H19FN2O.2ClH/c1-10(16)8-14-6-7-15-9-11-4-2-3-5-12(11)13;;/h2-5,10,14-16H,6-9H2,1H3;2*1H. The second-order valence-electron chi connectivity index (χ2n) is 3.82. The van der Waals surface area contributed by atoms with Crippen LogP contribution in [-0.4, -0.2) is 30.8 Å². The number of nitrogens with one attached hydrogen (secondary N) is 2. The van der Waals surface area contributed by atoms with Crippen LogP contribution in [0.25, 0.3) is 0 Å². The Morgan fingerprint density at radius 2 is 1.78 bits per heavy atom. The monoisotopic (exact) mass is 298 g/mol. The third kappa shape index (κ3) is 8.66. The Hall–Kier alpha value is -0.390. The minimum Gasteiger partial charge on any atom is -0.392 e. The number of benzene rings is 1. The number of aliphatic hydroxyl groups excluding tert-OH is 1. The van der Waals surface area contributed by atoms with Crippen LogP contribution in [0.5, 0.6) is 0 Å². The van der Waals surface area contributed by atoms with Crippen LogP contribution in [0.15, 0.2) is 24.3 Å². The van der Waals surface area contributed by atoms with Crippen molar-refractivity contribution in [2.24, 2.45) is 0 Å². The Balaban J connectivity index is 0. The molecule has 0 fully saturated rings. The lowest BCUT2D eigenvalue weighted by molar-refractivity contribution is 0.191. The summed E-state index contributed by atoms with van der Waals surface area (Å²) in [4.78, 5) is 0. The summed E-state index contributed by atoms with van der Waals surface area (Å²) in [5, 5.41) is 15.2. The van der Waals surface area contributed by atoms with Gasteiger partial charge >= 0.3 is 0 Å². The van der Waals surface area contributed by atoms with Crippen molar-refractivity contribution in [3.05, 3.63) is 35.6 Å². The van der Waals surface area contributed by atoms with Gasteiger partial charge in [-0.1, -0.05) is 18.2 Å². The smallest absolute Gasteiger partial charge is 0.127 e. The van der Waals surface area contributed by atoms with Gasteiger partial charge in [0.15, 0.2) is 0 Å². The molecule has 0 saturated carbocycles. The lowest BCUT2D eigenvalue weighted by atomic mass is 10.2. The molecule has 1 atom stereocenters. The average molecular weight is 299 g/mol. The van der Waals surface area contributed by atoms with Crippen LogP contribution in [0.2, 0.25) is 0 Å². The lowest BCUT2D eigenvalue weighted by Gasteiger charge is -2.08. The molecule has 6 heteroatoms. The van der Waals surface area contributed by atoms with E-state index in [1.54, 1.807) is 19.1 Å². The average Bonchev–Trinajstić information content (AvgIpc) is 2.25. The van der Waals surface area contributed by atoms with Gasteiger partial charge in [-0.05, 0) is 13.0 Å². The van der Waals surface area contributed by atoms with Gasteiger partial charge in [0.25, 0.3) is 0 Å². The summed E-state index contributed by atoms with van der Waals surface area (Å²) in [5.74, 6) is -0.174. The quantitative estimate of drug-likeness (QED) is 0.672. The Labute approximate surface area is 120 Å². The summed E-state index contributed by atoms with van der Waals surface area (Å²) < 4.78 is 13.2. The van der Waals surface area contributed by atoms with Crippen molar-refractivity contribution in [1.82, 2.24) is 10.6 Å². The van der Waals surface area contributed by atoms with Crippen LogP contribution in [0, 0.1) is 5.82 Å². The predicted molar refractivity (Wildman–Crippen MR) is 77.2 cm³/mol. The van der Waals surface area contributed by atoms with Crippen molar-refractivity contribution in [3.63, 3.8) is 0 Å². The first kappa shape index (κ1) is 19.9. The molecule has 1 aromatic carbocycles. The molecule has 3 nitrogen and oxygen atoms in total. The van der Waals surface area contributed by atoms with Crippen LogP contribution in [0.4, 0.5) is 4.39 Å². The first-order valence-corrected chi connectivity index (χ1v) is 5.53. The number of halogens is 3. The molecule has 0 radical (unpaired) electrons. The molecule has 1 rings (SSSR count). The van der Waals surface area contributed by atoms with Crippen molar-refractivity contribution < 1.29 is 9.50 Å². The molecular formula is C12H21Cl2FN2O. The van der Waals surface area contributed by atoms with E-state index in [4.69, 9.17) is 5.11 Å². The number of rotatable bonds is 7. The second-order valence-corrected chi connectivity index (χ2v) is 3.82. The molecular weight excluding hydrogens is 278 g/mol.